The molecule has 3 aromatic rings. The quantitative estimate of drug-likeness (QED) is 0.728. The minimum absolute atomic E-state index is 0.132. The smallest absolute Gasteiger partial charge is 0.267 e. The number of hydrogen-bond donors (Lipinski definition) is 2. The summed E-state index contributed by atoms with van der Waals surface area (Å²) in [4.78, 5) is 26.9. The van der Waals surface area contributed by atoms with Gasteiger partial charge in [-0.3, -0.25) is 9.36 Å². The fourth-order valence-electron chi connectivity index (χ4n) is 1.86. The van der Waals surface area contributed by atoms with Crippen LogP contribution in [0.2, 0.25) is 0 Å². The maximum atomic E-state index is 11.7. The largest absolute Gasteiger partial charge is 0.355 e. The third kappa shape index (κ3) is 1.95. The standard InChI is InChI=1S/C12H12N6O/c1-2-14-12(19)9-3-8(4-15-9)18-7-17-10-5-13-6-16-11(10)18/h3-7,15H,2H2,1H3,(H,14,19). The van der Waals surface area contributed by atoms with Crippen LogP contribution in [0.15, 0.2) is 31.1 Å². The van der Waals surface area contributed by atoms with E-state index in [-0.39, 0.29) is 5.91 Å². The van der Waals surface area contributed by atoms with Gasteiger partial charge in [0.25, 0.3) is 5.91 Å². The van der Waals surface area contributed by atoms with Gasteiger partial charge in [0.05, 0.1) is 11.9 Å². The second-order valence-electron chi connectivity index (χ2n) is 3.98. The van der Waals surface area contributed by atoms with Crippen molar-refractivity contribution in [3.63, 3.8) is 0 Å². The van der Waals surface area contributed by atoms with Gasteiger partial charge in [0.1, 0.15) is 23.9 Å². The first kappa shape index (κ1) is 11.4. The zero-order chi connectivity index (χ0) is 13.2. The molecular formula is C12H12N6O. The normalized spacial score (nSPS) is 10.8. The number of carbonyl (C=O) groups is 1. The molecule has 96 valence electrons. The van der Waals surface area contributed by atoms with Crippen molar-refractivity contribution >= 4 is 17.1 Å². The van der Waals surface area contributed by atoms with Crippen LogP contribution in [0.1, 0.15) is 17.4 Å². The van der Waals surface area contributed by atoms with E-state index < -0.39 is 0 Å². The van der Waals surface area contributed by atoms with E-state index in [4.69, 9.17) is 0 Å². The molecule has 0 aliphatic heterocycles. The molecule has 3 aromatic heterocycles. The first-order valence-electron chi connectivity index (χ1n) is 5.89. The van der Waals surface area contributed by atoms with E-state index in [0.717, 1.165) is 5.69 Å². The second kappa shape index (κ2) is 4.52. The highest BCUT2D eigenvalue weighted by Gasteiger charge is 2.11. The highest BCUT2D eigenvalue weighted by Crippen LogP contribution is 2.15. The number of H-pyrrole nitrogens is 1. The van der Waals surface area contributed by atoms with E-state index in [0.29, 0.717) is 23.4 Å². The molecule has 0 aliphatic rings. The molecule has 0 fully saturated rings. The van der Waals surface area contributed by atoms with Crippen molar-refractivity contribution in [1.82, 2.24) is 29.8 Å². The van der Waals surface area contributed by atoms with Gasteiger partial charge in [-0.1, -0.05) is 0 Å². The Morgan fingerprint density at radius 1 is 1.47 bits per heavy atom. The molecule has 19 heavy (non-hydrogen) atoms. The number of amides is 1. The van der Waals surface area contributed by atoms with E-state index in [1.165, 1.54) is 6.33 Å². The minimum atomic E-state index is -0.132. The molecule has 7 heteroatoms. The molecule has 3 rings (SSSR count). The van der Waals surface area contributed by atoms with Crippen molar-refractivity contribution < 1.29 is 4.79 Å². The lowest BCUT2D eigenvalue weighted by Crippen LogP contribution is -2.22. The summed E-state index contributed by atoms with van der Waals surface area (Å²) >= 11 is 0. The van der Waals surface area contributed by atoms with E-state index in [1.807, 2.05) is 6.92 Å². The Kier molecular flexibility index (Phi) is 2.71. The van der Waals surface area contributed by atoms with Crippen LogP contribution in [0, 0.1) is 0 Å². The van der Waals surface area contributed by atoms with Gasteiger partial charge in [0.15, 0.2) is 5.65 Å². The number of fused-ring (bicyclic) bond motifs is 1. The molecule has 0 bridgehead atoms. The monoisotopic (exact) mass is 256 g/mol. The third-order valence-corrected chi connectivity index (χ3v) is 2.74. The Labute approximate surface area is 108 Å². The Morgan fingerprint density at radius 2 is 2.37 bits per heavy atom. The van der Waals surface area contributed by atoms with Gasteiger partial charge >= 0.3 is 0 Å². The summed E-state index contributed by atoms with van der Waals surface area (Å²) in [6, 6.07) is 1.76. The predicted molar refractivity (Wildman–Crippen MR) is 69.0 cm³/mol. The molecule has 0 aliphatic carbocycles. The number of aromatic amines is 1. The minimum Gasteiger partial charge on any atom is -0.355 e. The summed E-state index contributed by atoms with van der Waals surface area (Å²) in [5.41, 5.74) is 2.73. The first-order valence-corrected chi connectivity index (χ1v) is 5.89. The average molecular weight is 256 g/mol. The molecule has 0 saturated carbocycles. The molecule has 0 aromatic carbocycles. The summed E-state index contributed by atoms with van der Waals surface area (Å²) in [6.45, 7) is 2.47. The zero-order valence-electron chi connectivity index (χ0n) is 10.3. The van der Waals surface area contributed by atoms with E-state index >= 15 is 0 Å². The molecule has 7 nitrogen and oxygen atoms in total. The van der Waals surface area contributed by atoms with Crippen LogP contribution in [0.4, 0.5) is 0 Å². The van der Waals surface area contributed by atoms with Crippen LogP contribution in [0.3, 0.4) is 0 Å². The molecule has 0 saturated heterocycles. The van der Waals surface area contributed by atoms with Crippen LogP contribution < -0.4 is 5.32 Å². The molecular weight excluding hydrogens is 244 g/mol. The molecule has 0 spiro atoms. The number of aromatic nitrogens is 5. The highest BCUT2D eigenvalue weighted by molar-refractivity contribution is 5.93. The molecule has 1 amide bonds. The number of carbonyl (C=O) groups excluding carboxylic acids is 1. The topological polar surface area (TPSA) is 88.5 Å². The second-order valence-corrected chi connectivity index (χ2v) is 3.98. The Hall–Kier alpha value is -2.70. The number of imidazole rings is 1. The summed E-state index contributed by atoms with van der Waals surface area (Å²) in [5.74, 6) is -0.132. The molecule has 0 atom stereocenters. The van der Waals surface area contributed by atoms with Crippen LogP contribution in [-0.2, 0) is 0 Å². The van der Waals surface area contributed by atoms with Crippen LogP contribution in [0.5, 0.6) is 0 Å². The molecule has 0 unspecified atom stereocenters. The molecule has 2 N–H and O–H groups in total. The van der Waals surface area contributed by atoms with Gasteiger partial charge in [0.2, 0.25) is 0 Å². The number of nitrogens with one attached hydrogen (secondary N) is 2. The Bertz CT molecular complexity index is 728. The third-order valence-electron chi connectivity index (χ3n) is 2.74. The van der Waals surface area contributed by atoms with E-state index in [1.54, 1.807) is 29.4 Å². The van der Waals surface area contributed by atoms with E-state index in [9.17, 15) is 4.79 Å². The lowest BCUT2D eigenvalue weighted by Gasteiger charge is -1.99. The number of rotatable bonds is 3. The summed E-state index contributed by atoms with van der Waals surface area (Å²) in [5, 5.41) is 2.74. The van der Waals surface area contributed by atoms with Crippen LogP contribution in [0.25, 0.3) is 16.9 Å². The van der Waals surface area contributed by atoms with Gasteiger partial charge in [0, 0.05) is 12.7 Å². The Morgan fingerprint density at radius 3 is 3.21 bits per heavy atom. The van der Waals surface area contributed by atoms with Crippen LogP contribution >= 0.6 is 0 Å². The van der Waals surface area contributed by atoms with Gasteiger partial charge in [-0.15, -0.1) is 0 Å². The summed E-state index contributed by atoms with van der Waals surface area (Å²) in [6.07, 6.45) is 6.52. The van der Waals surface area contributed by atoms with Crippen molar-refractivity contribution in [2.75, 3.05) is 6.54 Å². The van der Waals surface area contributed by atoms with Crippen LogP contribution in [-0.4, -0.2) is 37.0 Å². The lowest BCUT2D eigenvalue weighted by molar-refractivity contribution is 0.0951. The SMILES string of the molecule is CCNC(=O)c1cc(-n2cnc3cncnc32)c[nH]1. The number of hydrogen-bond acceptors (Lipinski definition) is 4. The predicted octanol–water partition coefficient (Wildman–Crippen LogP) is 0.893. The van der Waals surface area contributed by atoms with Crippen molar-refractivity contribution in [1.29, 1.82) is 0 Å². The summed E-state index contributed by atoms with van der Waals surface area (Å²) in [7, 11) is 0. The average Bonchev–Trinajstić information content (AvgIpc) is 3.05. The van der Waals surface area contributed by atoms with Crippen molar-refractivity contribution in [3.05, 3.63) is 36.8 Å². The first-order chi connectivity index (χ1) is 9.29. The van der Waals surface area contributed by atoms with Gasteiger partial charge in [-0.25, -0.2) is 15.0 Å². The van der Waals surface area contributed by atoms with Crippen molar-refractivity contribution in [2.45, 2.75) is 6.92 Å². The zero-order valence-corrected chi connectivity index (χ0v) is 10.3. The van der Waals surface area contributed by atoms with Crippen molar-refractivity contribution in [2.24, 2.45) is 0 Å². The molecule has 3 heterocycles. The highest BCUT2D eigenvalue weighted by atomic mass is 16.1. The van der Waals surface area contributed by atoms with E-state index in [2.05, 4.69) is 25.3 Å². The molecule has 0 radical (unpaired) electrons. The maximum Gasteiger partial charge on any atom is 0.267 e. The summed E-state index contributed by atoms with van der Waals surface area (Å²) < 4.78 is 1.80. The fourth-order valence-corrected chi connectivity index (χ4v) is 1.86. The van der Waals surface area contributed by atoms with Gasteiger partial charge in [-0.2, -0.15) is 0 Å². The fraction of sp³-hybridized carbons (Fsp3) is 0.167. The van der Waals surface area contributed by atoms with Gasteiger partial charge in [-0.05, 0) is 13.0 Å². The lowest BCUT2D eigenvalue weighted by atomic mass is 10.4. The Balaban J connectivity index is 2.01. The maximum absolute atomic E-state index is 11.7. The number of nitrogens with zero attached hydrogens (tertiary/aromatic N) is 4. The van der Waals surface area contributed by atoms with Gasteiger partial charge < -0.3 is 10.3 Å². The van der Waals surface area contributed by atoms with Crippen molar-refractivity contribution in [3.8, 4) is 5.69 Å².